The molecule has 0 saturated carbocycles. The number of rotatable bonds is 4. The molecule has 0 N–H and O–H groups in total. The maximum Gasteiger partial charge on any atom is 0.137 e. The highest BCUT2D eigenvalue weighted by atomic mass is 79.9. The summed E-state index contributed by atoms with van der Waals surface area (Å²) in [6.07, 6.45) is 1.06. The molecule has 0 nitrogen and oxygen atoms in total. The van der Waals surface area contributed by atoms with Gasteiger partial charge in [-0.2, -0.15) is 0 Å². The molecular formula is C17H17BrClF. The van der Waals surface area contributed by atoms with Crippen molar-refractivity contribution >= 4 is 27.5 Å². The van der Waals surface area contributed by atoms with Crippen LogP contribution in [0.5, 0.6) is 0 Å². The Kier molecular flexibility index (Phi) is 5.22. The zero-order valence-corrected chi connectivity index (χ0v) is 13.9. The molecular weight excluding hydrogens is 339 g/mol. The van der Waals surface area contributed by atoms with Crippen LogP contribution >= 0.6 is 27.5 Å². The average Bonchev–Trinajstić information content (AvgIpc) is 2.41. The summed E-state index contributed by atoms with van der Waals surface area (Å²) in [5, 5.41) is -0.328. The minimum absolute atomic E-state index is 0.287. The molecule has 0 aromatic heterocycles. The summed E-state index contributed by atoms with van der Waals surface area (Å²) < 4.78 is 14.0. The van der Waals surface area contributed by atoms with Crippen LogP contribution in [-0.2, 0) is 6.42 Å². The van der Waals surface area contributed by atoms with E-state index in [-0.39, 0.29) is 11.2 Å². The lowest BCUT2D eigenvalue weighted by atomic mass is 9.99. The SMILES string of the molecule is CC(C)Cc1ccc(C(Cl)c2ccc(Br)c(F)c2)cc1. The molecule has 0 aliphatic rings. The molecule has 0 heterocycles. The molecule has 1 unspecified atom stereocenters. The predicted molar refractivity (Wildman–Crippen MR) is 86.8 cm³/mol. The molecule has 106 valence electrons. The fourth-order valence-corrected chi connectivity index (χ4v) is 2.68. The molecule has 0 bridgehead atoms. The summed E-state index contributed by atoms with van der Waals surface area (Å²) in [4.78, 5) is 0. The smallest absolute Gasteiger partial charge is 0.137 e. The predicted octanol–water partition coefficient (Wildman–Crippen LogP) is 6.11. The van der Waals surface area contributed by atoms with E-state index in [1.807, 2.05) is 18.2 Å². The molecule has 0 amide bonds. The molecule has 0 spiro atoms. The Labute approximate surface area is 133 Å². The van der Waals surface area contributed by atoms with Gasteiger partial charge in [-0.05, 0) is 57.1 Å². The van der Waals surface area contributed by atoms with Crippen molar-refractivity contribution < 1.29 is 4.39 Å². The third kappa shape index (κ3) is 3.83. The van der Waals surface area contributed by atoms with E-state index in [1.54, 1.807) is 6.07 Å². The Morgan fingerprint density at radius 2 is 1.65 bits per heavy atom. The monoisotopic (exact) mass is 354 g/mol. The van der Waals surface area contributed by atoms with Crippen LogP contribution in [0.2, 0.25) is 0 Å². The van der Waals surface area contributed by atoms with Gasteiger partial charge >= 0.3 is 0 Å². The van der Waals surface area contributed by atoms with Gasteiger partial charge in [0.1, 0.15) is 5.82 Å². The van der Waals surface area contributed by atoms with Crippen molar-refractivity contribution in [3.63, 3.8) is 0 Å². The summed E-state index contributed by atoms with van der Waals surface area (Å²) in [6.45, 7) is 4.39. The summed E-state index contributed by atoms with van der Waals surface area (Å²) in [5.74, 6) is 0.345. The third-order valence-corrected chi connectivity index (χ3v) is 4.30. The van der Waals surface area contributed by atoms with Gasteiger partial charge in [-0.3, -0.25) is 0 Å². The van der Waals surface area contributed by atoms with Gasteiger partial charge in [-0.1, -0.05) is 44.2 Å². The van der Waals surface area contributed by atoms with E-state index in [4.69, 9.17) is 11.6 Å². The Morgan fingerprint density at radius 1 is 1.05 bits per heavy atom. The lowest BCUT2D eigenvalue weighted by Gasteiger charge is -2.12. The van der Waals surface area contributed by atoms with Crippen LogP contribution in [0.3, 0.4) is 0 Å². The van der Waals surface area contributed by atoms with Crippen LogP contribution in [0.4, 0.5) is 4.39 Å². The van der Waals surface area contributed by atoms with E-state index in [1.165, 1.54) is 11.6 Å². The normalized spacial score (nSPS) is 12.7. The van der Waals surface area contributed by atoms with Gasteiger partial charge in [0.25, 0.3) is 0 Å². The van der Waals surface area contributed by atoms with Crippen LogP contribution in [-0.4, -0.2) is 0 Å². The topological polar surface area (TPSA) is 0 Å². The molecule has 20 heavy (non-hydrogen) atoms. The Balaban J connectivity index is 2.20. The molecule has 3 heteroatoms. The van der Waals surface area contributed by atoms with Crippen molar-refractivity contribution in [1.29, 1.82) is 0 Å². The summed E-state index contributed by atoms with van der Waals surface area (Å²) in [7, 11) is 0. The highest BCUT2D eigenvalue weighted by Gasteiger charge is 2.12. The lowest BCUT2D eigenvalue weighted by molar-refractivity contribution is 0.619. The first-order valence-electron chi connectivity index (χ1n) is 6.65. The van der Waals surface area contributed by atoms with E-state index in [9.17, 15) is 4.39 Å². The highest BCUT2D eigenvalue weighted by molar-refractivity contribution is 9.10. The molecule has 0 radical (unpaired) electrons. The average molecular weight is 356 g/mol. The van der Waals surface area contributed by atoms with E-state index in [2.05, 4.69) is 41.9 Å². The lowest BCUT2D eigenvalue weighted by Crippen LogP contribution is -1.97. The summed E-state index contributed by atoms with van der Waals surface area (Å²) in [5.41, 5.74) is 3.06. The summed E-state index contributed by atoms with van der Waals surface area (Å²) >= 11 is 9.58. The maximum atomic E-state index is 13.6. The van der Waals surface area contributed by atoms with Gasteiger partial charge in [-0.25, -0.2) is 4.39 Å². The molecule has 0 saturated heterocycles. The van der Waals surface area contributed by atoms with Gasteiger partial charge < -0.3 is 0 Å². The van der Waals surface area contributed by atoms with Crippen molar-refractivity contribution in [1.82, 2.24) is 0 Å². The van der Waals surface area contributed by atoms with Crippen molar-refractivity contribution in [2.24, 2.45) is 5.92 Å². The number of alkyl halides is 1. The quantitative estimate of drug-likeness (QED) is 0.580. The van der Waals surface area contributed by atoms with Crippen LogP contribution in [0.25, 0.3) is 0 Å². The number of halogens is 3. The van der Waals surface area contributed by atoms with Crippen LogP contribution in [0.1, 0.15) is 35.9 Å². The van der Waals surface area contributed by atoms with Crippen LogP contribution < -0.4 is 0 Å². The minimum Gasteiger partial charge on any atom is -0.206 e. The fraction of sp³-hybridized carbons (Fsp3) is 0.294. The third-order valence-electron chi connectivity index (χ3n) is 3.15. The Morgan fingerprint density at radius 3 is 2.20 bits per heavy atom. The first kappa shape index (κ1) is 15.5. The van der Waals surface area contributed by atoms with Gasteiger partial charge in [0.15, 0.2) is 0 Å². The van der Waals surface area contributed by atoms with Crippen LogP contribution in [0, 0.1) is 11.7 Å². The van der Waals surface area contributed by atoms with Crippen molar-refractivity contribution in [3.05, 3.63) is 69.4 Å². The molecule has 0 fully saturated rings. The minimum atomic E-state index is -0.328. The van der Waals surface area contributed by atoms with E-state index in [0.29, 0.717) is 10.4 Å². The molecule has 2 aromatic rings. The fourth-order valence-electron chi connectivity index (χ4n) is 2.16. The Hall–Kier alpha value is -0.860. The van der Waals surface area contributed by atoms with Gasteiger partial charge in [0, 0.05) is 0 Å². The standard InChI is InChI=1S/C17H17BrClF/c1-11(2)9-12-3-5-13(6-4-12)17(19)14-7-8-15(18)16(20)10-14/h3-8,10-11,17H,9H2,1-2H3. The molecule has 0 aliphatic heterocycles. The van der Waals surface area contributed by atoms with Gasteiger partial charge in [-0.15, -0.1) is 11.6 Å². The molecule has 1 atom stereocenters. The Bertz CT molecular complexity index is 578. The number of hydrogen-bond acceptors (Lipinski definition) is 0. The number of benzene rings is 2. The largest absolute Gasteiger partial charge is 0.206 e. The summed E-state index contributed by atoms with van der Waals surface area (Å²) in [6, 6.07) is 13.2. The van der Waals surface area contributed by atoms with Gasteiger partial charge in [0.05, 0.1) is 9.85 Å². The van der Waals surface area contributed by atoms with Crippen molar-refractivity contribution in [3.8, 4) is 0 Å². The van der Waals surface area contributed by atoms with E-state index in [0.717, 1.165) is 17.5 Å². The van der Waals surface area contributed by atoms with Gasteiger partial charge in [0.2, 0.25) is 0 Å². The first-order valence-corrected chi connectivity index (χ1v) is 7.88. The first-order chi connectivity index (χ1) is 9.47. The maximum absolute atomic E-state index is 13.6. The van der Waals surface area contributed by atoms with Crippen LogP contribution in [0.15, 0.2) is 46.9 Å². The molecule has 2 aromatic carbocycles. The molecule has 0 aliphatic carbocycles. The molecule has 2 rings (SSSR count). The van der Waals surface area contributed by atoms with E-state index >= 15 is 0 Å². The number of hydrogen-bond donors (Lipinski definition) is 0. The van der Waals surface area contributed by atoms with E-state index < -0.39 is 0 Å². The second-order valence-corrected chi connectivity index (χ2v) is 6.67. The van der Waals surface area contributed by atoms with Crippen molar-refractivity contribution in [2.75, 3.05) is 0 Å². The second kappa shape index (κ2) is 6.73. The highest BCUT2D eigenvalue weighted by Crippen LogP contribution is 2.31. The zero-order chi connectivity index (χ0) is 14.7. The zero-order valence-electron chi connectivity index (χ0n) is 11.5. The van der Waals surface area contributed by atoms with Crippen molar-refractivity contribution in [2.45, 2.75) is 25.6 Å². The second-order valence-electron chi connectivity index (χ2n) is 5.38.